The number of pyridine rings is 1. The number of nitrogens with zero attached hydrogens (tertiary/aromatic N) is 2. The number of rotatable bonds is 4. The number of aryl methyl sites for hydroxylation is 2. The van der Waals surface area contributed by atoms with E-state index in [2.05, 4.69) is 26.2 Å². The predicted octanol–water partition coefficient (Wildman–Crippen LogP) is 4.14. The highest BCUT2D eigenvalue weighted by molar-refractivity contribution is 9.10. The number of halogens is 1. The standard InChI is InChI=1S/C13H14BrN3O3/c1-7-4-11(9(3)20-7)8(2)16-13-12(14)5-10(6-15-13)17(18)19/h4-6,8H,1-3H3,(H,15,16). The van der Waals surface area contributed by atoms with Crippen LogP contribution in [-0.2, 0) is 0 Å². The Hall–Kier alpha value is -1.89. The molecular weight excluding hydrogens is 326 g/mol. The average Bonchev–Trinajstić information content (AvgIpc) is 2.70. The Labute approximate surface area is 124 Å². The van der Waals surface area contributed by atoms with Crippen LogP contribution in [0.2, 0.25) is 0 Å². The van der Waals surface area contributed by atoms with Crippen LogP contribution < -0.4 is 5.32 Å². The number of aromatic nitrogens is 1. The first kappa shape index (κ1) is 14.5. The smallest absolute Gasteiger partial charge is 0.288 e. The molecule has 2 aromatic rings. The molecule has 6 nitrogen and oxygen atoms in total. The van der Waals surface area contributed by atoms with Crippen molar-refractivity contribution in [3.63, 3.8) is 0 Å². The van der Waals surface area contributed by atoms with E-state index in [1.54, 1.807) is 0 Å². The molecule has 0 saturated heterocycles. The number of nitro groups is 1. The van der Waals surface area contributed by atoms with Crippen molar-refractivity contribution in [1.82, 2.24) is 4.98 Å². The lowest BCUT2D eigenvalue weighted by atomic mass is 10.1. The third kappa shape index (κ3) is 2.98. The van der Waals surface area contributed by atoms with Crippen molar-refractivity contribution in [3.8, 4) is 0 Å². The van der Waals surface area contributed by atoms with Crippen molar-refractivity contribution in [1.29, 1.82) is 0 Å². The van der Waals surface area contributed by atoms with Gasteiger partial charge in [0.15, 0.2) is 0 Å². The summed E-state index contributed by atoms with van der Waals surface area (Å²) in [5, 5.41) is 13.9. The molecule has 0 aromatic carbocycles. The van der Waals surface area contributed by atoms with Crippen molar-refractivity contribution in [2.45, 2.75) is 26.8 Å². The minimum atomic E-state index is -0.478. The zero-order chi connectivity index (χ0) is 14.9. The van der Waals surface area contributed by atoms with Gasteiger partial charge in [-0.3, -0.25) is 10.1 Å². The molecule has 2 heterocycles. The highest BCUT2D eigenvalue weighted by Gasteiger charge is 2.16. The topological polar surface area (TPSA) is 81.2 Å². The van der Waals surface area contributed by atoms with Gasteiger partial charge < -0.3 is 9.73 Å². The van der Waals surface area contributed by atoms with Crippen LogP contribution in [0.5, 0.6) is 0 Å². The molecule has 106 valence electrons. The predicted molar refractivity (Wildman–Crippen MR) is 78.8 cm³/mol. The van der Waals surface area contributed by atoms with Crippen LogP contribution in [0.3, 0.4) is 0 Å². The van der Waals surface area contributed by atoms with E-state index >= 15 is 0 Å². The second kappa shape index (κ2) is 5.62. The van der Waals surface area contributed by atoms with Crippen molar-refractivity contribution < 1.29 is 9.34 Å². The first-order valence-electron chi connectivity index (χ1n) is 6.02. The summed E-state index contributed by atoms with van der Waals surface area (Å²) in [6.45, 7) is 5.77. The molecule has 2 aromatic heterocycles. The van der Waals surface area contributed by atoms with Crippen molar-refractivity contribution in [2.75, 3.05) is 5.32 Å². The van der Waals surface area contributed by atoms with Gasteiger partial charge >= 0.3 is 0 Å². The molecule has 7 heteroatoms. The van der Waals surface area contributed by atoms with Crippen LogP contribution in [-0.4, -0.2) is 9.91 Å². The Kier molecular flexibility index (Phi) is 4.08. The van der Waals surface area contributed by atoms with E-state index in [4.69, 9.17) is 4.42 Å². The number of nitrogens with one attached hydrogen (secondary N) is 1. The number of anilines is 1. The highest BCUT2D eigenvalue weighted by Crippen LogP contribution is 2.29. The first-order chi connectivity index (χ1) is 9.38. The summed E-state index contributed by atoms with van der Waals surface area (Å²) >= 11 is 3.29. The van der Waals surface area contributed by atoms with Gasteiger partial charge in [-0.25, -0.2) is 4.98 Å². The van der Waals surface area contributed by atoms with Gasteiger partial charge in [-0.1, -0.05) is 0 Å². The summed E-state index contributed by atoms with van der Waals surface area (Å²) in [6, 6.07) is 3.37. The fraction of sp³-hybridized carbons (Fsp3) is 0.308. The molecule has 1 atom stereocenters. The van der Waals surface area contributed by atoms with E-state index in [9.17, 15) is 10.1 Å². The van der Waals surface area contributed by atoms with Crippen molar-refractivity contribution >= 4 is 27.4 Å². The Morgan fingerprint density at radius 3 is 2.65 bits per heavy atom. The molecule has 0 bridgehead atoms. The molecule has 0 radical (unpaired) electrons. The van der Waals surface area contributed by atoms with Crippen LogP contribution in [0.25, 0.3) is 0 Å². The van der Waals surface area contributed by atoms with E-state index in [1.165, 1.54) is 12.3 Å². The van der Waals surface area contributed by atoms with Crippen LogP contribution >= 0.6 is 15.9 Å². The Morgan fingerprint density at radius 1 is 1.45 bits per heavy atom. The maximum absolute atomic E-state index is 10.7. The van der Waals surface area contributed by atoms with Crippen LogP contribution in [0.1, 0.15) is 30.0 Å². The largest absolute Gasteiger partial charge is 0.466 e. The van der Waals surface area contributed by atoms with Gasteiger partial charge in [-0.05, 0) is 42.8 Å². The Bertz CT molecular complexity index is 654. The highest BCUT2D eigenvalue weighted by atomic mass is 79.9. The van der Waals surface area contributed by atoms with Gasteiger partial charge in [0, 0.05) is 11.6 Å². The quantitative estimate of drug-likeness (QED) is 0.668. The molecule has 2 rings (SSSR count). The second-order valence-corrected chi connectivity index (χ2v) is 5.37. The van der Waals surface area contributed by atoms with E-state index in [1.807, 2.05) is 26.8 Å². The monoisotopic (exact) mass is 339 g/mol. The summed E-state index contributed by atoms with van der Waals surface area (Å²) in [6.07, 6.45) is 1.23. The molecule has 0 aliphatic carbocycles. The SMILES string of the molecule is Cc1cc(C(C)Nc2ncc([N+](=O)[O-])cc2Br)c(C)o1. The molecule has 0 saturated carbocycles. The van der Waals surface area contributed by atoms with Crippen molar-refractivity contribution in [3.05, 3.63) is 50.0 Å². The van der Waals surface area contributed by atoms with Gasteiger partial charge in [-0.2, -0.15) is 0 Å². The van der Waals surface area contributed by atoms with Gasteiger partial charge in [0.2, 0.25) is 0 Å². The fourth-order valence-electron chi connectivity index (χ4n) is 2.00. The van der Waals surface area contributed by atoms with Gasteiger partial charge in [0.1, 0.15) is 23.5 Å². The van der Waals surface area contributed by atoms with E-state index < -0.39 is 4.92 Å². The summed E-state index contributed by atoms with van der Waals surface area (Å²) in [5.41, 5.74) is 0.986. The maximum Gasteiger partial charge on any atom is 0.288 e. The summed E-state index contributed by atoms with van der Waals surface area (Å²) in [5.74, 6) is 2.25. The van der Waals surface area contributed by atoms with Crippen LogP contribution in [0.15, 0.2) is 27.2 Å². The lowest BCUT2D eigenvalue weighted by Crippen LogP contribution is -2.09. The maximum atomic E-state index is 10.7. The molecule has 0 aliphatic rings. The van der Waals surface area contributed by atoms with E-state index in [0.717, 1.165) is 17.1 Å². The van der Waals surface area contributed by atoms with Crippen molar-refractivity contribution in [2.24, 2.45) is 0 Å². The normalized spacial score (nSPS) is 12.2. The number of hydrogen-bond donors (Lipinski definition) is 1. The molecule has 20 heavy (non-hydrogen) atoms. The zero-order valence-electron chi connectivity index (χ0n) is 11.3. The first-order valence-corrected chi connectivity index (χ1v) is 6.81. The molecule has 0 spiro atoms. The average molecular weight is 340 g/mol. The third-order valence-electron chi connectivity index (χ3n) is 2.94. The zero-order valence-corrected chi connectivity index (χ0v) is 12.9. The lowest BCUT2D eigenvalue weighted by Gasteiger charge is -2.14. The second-order valence-electron chi connectivity index (χ2n) is 4.52. The van der Waals surface area contributed by atoms with Gasteiger partial charge in [0.25, 0.3) is 5.69 Å². The van der Waals surface area contributed by atoms with Gasteiger partial charge in [-0.15, -0.1) is 0 Å². The lowest BCUT2D eigenvalue weighted by molar-refractivity contribution is -0.385. The van der Waals surface area contributed by atoms with Crippen LogP contribution in [0, 0.1) is 24.0 Å². The van der Waals surface area contributed by atoms with E-state index in [-0.39, 0.29) is 11.7 Å². The van der Waals surface area contributed by atoms with Gasteiger partial charge in [0.05, 0.1) is 15.4 Å². The molecule has 1 N–H and O–H groups in total. The molecule has 0 fully saturated rings. The Morgan fingerprint density at radius 2 is 2.15 bits per heavy atom. The molecular formula is C13H14BrN3O3. The van der Waals surface area contributed by atoms with Crippen LogP contribution in [0.4, 0.5) is 11.5 Å². The molecule has 0 aliphatic heterocycles. The minimum Gasteiger partial charge on any atom is -0.466 e. The Balaban J connectivity index is 2.22. The summed E-state index contributed by atoms with van der Waals surface area (Å²) in [4.78, 5) is 14.3. The molecule has 1 unspecified atom stereocenters. The number of furan rings is 1. The molecule has 0 amide bonds. The fourth-order valence-corrected chi connectivity index (χ4v) is 2.45. The summed E-state index contributed by atoms with van der Waals surface area (Å²) < 4.78 is 6.04. The summed E-state index contributed by atoms with van der Waals surface area (Å²) in [7, 11) is 0. The van der Waals surface area contributed by atoms with E-state index in [0.29, 0.717) is 10.3 Å². The minimum absolute atomic E-state index is 0.0160. The number of hydrogen-bond acceptors (Lipinski definition) is 5. The third-order valence-corrected chi connectivity index (χ3v) is 3.54.